The number of hydrogen-bond acceptors (Lipinski definition) is 2. The predicted octanol–water partition coefficient (Wildman–Crippen LogP) is 4.01. The smallest absolute Gasteiger partial charge is 0.249 e. The van der Waals surface area contributed by atoms with Crippen molar-refractivity contribution in [2.75, 3.05) is 0 Å². The van der Waals surface area contributed by atoms with Crippen LogP contribution in [0.4, 0.5) is 0 Å². The number of hydrogen-bond donors (Lipinski definition) is 1. The molecule has 0 fully saturated rings. The van der Waals surface area contributed by atoms with Gasteiger partial charge in [-0.2, -0.15) is 5.10 Å². The van der Waals surface area contributed by atoms with E-state index in [4.69, 9.17) is 11.6 Å². The molecular weight excluding hydrogens is 308 g/mol. The van der Waals surface area contributed by atoms with Crippen molar-refractivity contribution in [1.82, 2.24) is 5.43 Å². The van der Waals surface area contributed by atoms with Gasteiger partial charge in [-0.05, 0) is 41.3 Å². The van der Waals surface area contributed by atoms with Crippen LogP contribution in [-0.2, 0) is 4.79 Å². The van der Waals surface area contributed by atoms with E-state index in [1.165, 1.54) is 11.1 Å². The van der Waals surface area contributed by atoms with Crippen molar-refractivity contribution in [2.45, 2.75) is 12.3 Å². The quantitative estimate of drug-likeness (QED) is 0.891. The second-order valence-electron chi connectivity index (χ2n) is 5.89. The van der Waals surface area contributed by atoms with Crippen molar-refractivity contribution in [2.24, 2.45) is 11.0 Å². The van der Waals surface area contributed by atoms with Crippen LogP contribution in [0.25, 0.3) is 5.57 Å². The molecule has 4 heteroatoms. The minimum absolute atomic E-state index is 0.0339. The van der Waals surface area contributed by atoms with Gasteiger partial charge in [0.05, 0.1) is 11.6 Å². The first-order valence-corrected chi connectivity index (χ1v) is 7.99. The Labute approximate surface area is 139 Å². The lowest BCUT2D eigenvalue weighted by atomic mass is 9.73. The van der Waals surface area contributed by atoms with Crippen LogP contribution in [0.1, 0.15) is 23.5 Å². The van der Waals surface area contributed by atoms with Crippen LogP contribution in [0.2, 0.25) is 5.02 Å². The maximum Gasteiger partial charge on any atom is 0.249 e. The number of fused-ring (bicyclic) bond motifs is 1. The van der Waals surface area contributed by atoms with Crippen molar-refractivity contribution < 1.29 is 4.79 Å². The van der Waals surface area contributed by atoms with Gasteiger partial charge >= 0.3 is 0 Å². The molecule has 2 aromatic carbocycles. The molecular formula is C19H15ClN2O. The highest BCUT2D eigenvalue weighted by Gasteiger charge is 2.40. The molecule has 23 heavy (non-hydrogen) atoms. The van der Waals surface area contributed by atoms with Crippen LogP contribution < -0.4 is 5.43 Å². The molecule has 2 unspecified atom stereocenters. The van der Waals surface area contributed by atoms with Crippen LogP contribution >= 0.6 is 11.6 Å². The molecule has 3 nitrogen and oxygen atoms in total. The minimum atomic E-state index is -0.235. The summed E-state index contributed by atoms with van der Waals surface area (Å²) in [6.07, 6.45) is 2.83. The van der Waals surface area contributed by atoms with Gasteiger partial charge in [0.15, 0.2) is 0 Å². The van der Waals surface area contributed by atoms with E-state index in [0.717, 1.165) is 17.7 Å². The fourth-order valence-corrected chi connectivity index (χ4v) is 3.60. The molecule has 0 radical (unpaired) electrons. The van der Waals surface area contributed by atoms with Gasteiger partial charge in [-0.1, -0.05) is 54.1 Å². The number of nitrogens with one attached hydrogen (secondary N) is 1. The lowest BCUT2D eigenvalue weighted by molar-refractivity contribution is -0.122. The summed E-state index contributed by atoms with van der Waals surface area (Å²) in [6.45, 7) is 0. The largest absolute Gasteiger partial charge is 0.272 e. The Morgan fingerprint density at radius 2 is 1.91 bits per heavy atom. The average Bonchev–Trinajstić information content (AvgIpc) is 2.96. The molecule has 0 aromatic heterocycles. The van der Waals surface area contributed by atoms with E-state index in [1.54, 1.807) is 0 Å². The van der Waals surface area contributed by atoms with Gasteiger partial charge in [-0.15, -0.1) is 0 Å². The second-order valence-corrected chi connectivity index (χ2v) is 6.33. The zero-order chi connectivity index (χ0) is 15.8. The summed E-state index contributed by atoms with van der Waals surface area (Å²) in [5.74, 6) is -0.218. The first-order valence-electron chi connectivity index (χ1n) is 7.61. The van der Waals surface area contributed by atoms with E-state index in [9.17, 15) is 4.79 Å². The highest BCUT2D eigenvalue weighted by Crippen LogP contribution is 2.41. The normalized spacial score (nSPS) is 22.9. The van der Waals surface area contributed by atoms with Crippen molar-refractivity contribution in [3.05, 3.63) is 76.8 Å². The van der Waals surface area contributed by atoms with Crippen LogP contribution in [0.5, 0.6) is 0 Å². The predicted molar refractivity (Wildman–Crippen MR) is 92.3 cm³/mol. The Bertz CT molecular complexity index is 826. The third kappa shape index (κ3) is 2.57. The Balaban J connectivity index is 1.79. The number of rotatable bonds is 2. The zero-order valence-electron chi connectivity index (χ0n) is 12.4. The Kier molecular flexibility index (Phi) is 3.50. The van der Waals surface area contributed by atoms with E-state index in [2.05, 4.69) is 22.7 Å². The van der Waals surface area contributed by atoms with Gasteiger partial charge in [0.1, 0.15) is 0 Å². The monoisotopic (exact) mass is 322 g/mol. The molecule has 0 bridgehead atoms. The highest BCUT2D eigenvalue weighted by atomic mass is 35.5. The summed E-state index contributed by atoms with van der Waals surface area (Å²) < 4.78 is 0. The van der Waals surface area contributed by atoms with Gasteiger partial charge < -0.3 is 0 Å². The second kappa shape index (κ2) is 5.67. The number of allylic oxidation sites excluding steroid dienone is 2. The highest BCUT2D eigenvalue weighted by molar-refractivity contribution is 6.30. The molecule has 2 aromatic rings. The Morgan fingerprint density at radius 1 is 1.09 bits per heavy atom. The molecule has 2 atom stereocenters. The summed E-state index contributed by atoms with van der Waals surface area (Å²) in [4.78, 5) is 12.2. The van der Waals surface area contributed by atoms with Crippen LogP contribution in [0.3, 0.4) is 0 Å². The molecule has 1 aliphatic heterocycles. The first-order chi connectivity index (χ1) is 11.2. The summed E-state index contributed by atoms with van der Waals surface area (Å²) in [5.41, 5.74) is 6.87. The van der Waals surface area contributed by atoms with Gasteiger partial charge in [0.2, 0.25) is 5.91 Å². The lowest BCUT2D eigenvalue weighted by Gasteiger charge is -2.28. The molecule has 0 saturated carbocycles. The standard InChI is InChI=1S/C19H15ClN2O/c20-15-8-4-7-13(9-15)16-10-14(12-5-2-1-3-6-12)11-17-18(16)19(23)22-21-17/h1-9,11,16,18H,10H2,(H,22,23). The number of nitrogens with zero attached hydrogens (tertiary/aromatic N) is 1. The minimum Gasteiger partial charge on any atom is -0.272 e. The van der Waals surface area contributed by atoms with Crippen LogP contribution in [0.15, 0.2) is 65.8 Å². The molecule has 114 valence electrons. The molecule has 2 aliphatic rings. The molecule has 0 saturated heterocycles. The summed E-state index contributed by atoms with van der Waals surface area (Å²) >= 11 is 6.15. The summed E-state index contributed by atoms with van der Waals surface area (Å²) in [6, 6.07) is 18.0. The van der Waals surface area contributed by atoms with Crippen molar-refractivity contribution >= 4 is 28.8 Å². The van der Waals surface area contributed by atoms with Crippen molar-refractivity contribution in [3.8, 4) is 0 Å². The van der Waals surface area contributed by atoms with Gasteiger partial charge in [0, 0.05) is 10.9 Å². The number of halogens is 1. The Hall–Kier alpha value is -2.39. The first kappa shape index (κ1) is 14.2. The number of benzene rings is 2. The Morgan fingerprint density at radius 3 is 2.70 bits per heavy atom. The number of hydrazone groups is 1. The topological polar surface area (TPSA) is 41.5 Å². The number of carbonyl (C=O) groups excluding carboxylic acids is 1. The van der Waals surface area contributed by atoms with E-state index in [1.807, 2.05) is 48.5 Å². The van der Waals surface area contributed by atoms with Gasteiger partial charge in [-0.25, -0.2) is 5.43 Å². The van der Waals surface area contributed by atoms with Crippen LogP contribution in [-0.4, -0.2) is 11.6 Å². The van der Waals surface area contributed by atoms with Gasteiger partial charge in [-0.3, -0.25) is 4.79 Å². The number of carbonyl (C=O) groups is 1. The molecule has 1 aliphatic carbocycles. The lowest BCUT2D eigenvalue weighted by Crippen LogP contribution is -2.31. The average molecular weight is 323 g/mol. The van der Waals surface area contributed by atoms with E-state index < -0.39 is 0 Å². The van der Waals surface area contributed by atoms with Crippen LogP contribution in [0, 0.1) is 5.92 Å². The van der Waals surface area contributed by atoms with E-state index in [-0.39, 0.29) is 17.7 Å². The maximum atomic E-state index is 12.2. The maximum absolute atomic E-state index is 12.2. The number of amides is 1. The van der Waals surface area contributed by atoms with E-state index >= 15 is 0 Å². The van der Waals surface area contributed by atoms with E-state index in [0.29, 0.717) is 5.02 Å². The molecule has 1 N–H and O–H groups in total. The molecule has 1 amide bonds. The third-order valence-electron chi connectivity index (χ3n) is 4.48. The fourth-order valence-electron chi connectivity index (χ4n) is 3.40. The SMILES string of the molecule is O=C1NN=C2C=C(c3ccccc3)CC(c3cccc(Cl)c3)C12. The van der Waals surface area contributed by atoms with Crippen molar-refractivity contribution in [3.63, 3.8) is 0 Å². The zero-order valence-corrected chi connectivity index (χ0v) is 13.1. The van der Waals surface area contributed by atoms with Crippen molar-refractivity contribution in [1.29, 1.82) is 0 Å². The fraction of sp³-hybridized carbons (Fsp3) is 0.158. The summed E-state index contributed by atoms with van der Waals surface area (Å²) in [5, 5.41) is 4.91. The summed E-state index contributed by atoms with van der Waals surface area (Å²) in [7, 11) is 0. The molecule has 1 heterocycles. The van der Waals surface area contributed by atoms with Gasteiger partial charge in [0.25, 0.3) is 0 Å². The molecule has 0 spiro atoms. The third-order valence-corrected chi connectivity index (χ3v) is 4.72. The molecule has 4 rings (SSSR count).